The number of nitrogens with zero attached hydrogens (tertiary/aromatic N) is 1. The van der Waals surface area contributed by atoms with E-state index in [2.05, 4.69) is 26.1 Å². The molecule has 8 nitrogen and oxygen atoms in total. The van der Waals surface area contributed by atoms with Gasteiger partial charge in [-0.2, -0.15) is 0 Å². The predicted octanol–water partition coefficient (Wildman–Crippen LogP) is 3.49. The molecule has 1 aromatic carbocycles. The lowest BCUT2D eigenvalue weighted by Gasteiger charge is -2.33. The first-order valence-corrected chi connectivity index (χ1v) is 14.3. The summed E-state index contributed by atoms with van der Waals surface area (Å²) >= 11 is 0. The van der Waals surface area contributed by atoms with Crippen molar-refractivity contribution >= 4 is 21.7 Å². The summed E-state index contributed by atoms with van der Waals surface area (Å²) in [6.45, 7) is 11.7. The van der Waals surface area contributed by atoms with Gasteiger partial charge in [-0.05, 0) is 67.1 Å². The van der Waals surface area contributed by atoms with Crippen molar-refractivity contribution in [3.8, 4) is 0 Å². The molecule has 1 saturated heterocycles. The van der Waals surface area contributed by atoms with Gasteiger partial charge in [0.2, 0.25) is 5.91 Å². The average molecular weight is 510 g/mol. The standard InChI is InChI=1S/C26H43N3O5S/c1-6-26(4,5)21-10-12-22(13-11-21)35(33,34)18-27-17-20(16-19(2)3)23(24(30)28-32)25(31)29-14-8-7-9-15-29/h10-13,19-20,23,27,32H,6-9,14-18H2,1-5H3,(H,28,30)/t20-,23+/m0/s1. The van der Waals surface area contributed by atoms with Gasteiger partial charge in [-0.3, -0.25) is 14.8 Å². The van der Waals surface area contributed by atoms with E-state index in [1.54, 1.807) is 22.5 Å². The number of benzene rings is 1. The molecule has 1 aliphatic heterocycles. The lowest BCUT2D eigenvalue weighted by atomic mass is 9.82. The van der Waals surface area contributed by atoms with Crippen molar-refractivity contribution in [1.82, 2.24) is 15.7 Å². The Morgan fingerprint density at radius 3 is 2.20 bits per heavy atom. The fourth-order valence-electron chi connectivity index (χ4n) is 4.63. The summed E-state index contributed by atoms with van der Waals surface area (Å²) in [6.07, 6.45) is 4.30. The van der Waals surface area contributed by atoms with Gasteiger partial charge in [-0.25, -0.2) is 13.9 Å². The zero-order valence-electron chi connectivity index (χ0n) is 21.8. The van der Waals surface area contributed by atoms with Crippen LogP contribution in [0.5, 0.6) is 0 Å². The Morgan fingerprint density at radius 1 is 1.09 bits per heavy atom. The lowest BCUT2D eigenvalue weighted by Crippen LogP contribution is -2.50. The van der Waals surface area contributed by atoms with E-state index < -0.39 is 27.6 Å². The molecule has 2 atom stereocenters. The predicted molar refractivity (Wildman–Crippen MR) is 137 cm³/mol. The third kappa shape index (κ3) is 8.02. The molecule has 1 aliphatic rings. The van der Waals surface area contributed by atoms with Crippen molar-refractivity contribution in [3.63, 3.8) is 0 Å². The number of likely N-dealkylation sites (tertiary alicyclic amines) is 1. The van der Waals surface area contributed by atoms with Gasteiger partial charge in [0.25, 0.3) is 5.91 Å². The fraction of sp³-hybridized carbons (Fsp3) is 0.692. The Bertz CT molecular complexity index is 938. The molecule has 2 rings (SSSR count). The summed E-state index contributed by atoms with van der Waals surface area (Å²) in [5.41, 5.74) is 2.71. The van der Waals surface area contributed by atoms with Gasteiger partial charge in [0.1, 0.15) is 11.8 Å². The number of amides is 2. The van der Waals surface area contributed by atoms with Crippen LogP contribution in [0.4, 0.5) is 0 Å². The highest BCUT2D eigenvalue weighted by molar-refractivity contribution is 7.91. The van der Waals surface area contributed by atoms with Crippen LogP contribution in [0.1, 0.15) is 72.3 Å². The molecule has 0 spiro atoms. The maximum Gasteiger partial charge on any atom is 0.256 e. The number of sulfone groups is 1. The van der Waals surface area contributed by atoms with Crippen LogP contribution in [-0.2, 0) is 24.8 Å². The minimum absolute atomic E-state index is 0.0339. The van der Waals surface area contributed by atoms with Crippen molar-refractivity contribution in [2.45, 2.75) is 77.0 Å². The number of carbonyl (C=O) groups excluding carboxylic acids is 2. The Hall–Kier alpha value is -1.97. The molecule has 2 amide bonds. The summed E-state index contributed by atoms with van der Waals surface area (Å²) in [7, 11) is -3.60. The first-order valence-electron chi connectivity index (χ1n) is 12.7. The molecule has 0 aromatic heterocycles. The highest BCUT2D eigenvalue weighted by Gasteiger charge is 2.38. The number of nitrogens with one attached hydrogen (secondary N) is 2. The first-order chi connectivity index (χ1) is 16.4. The molecule has 0 bridgehead atoms. The number of rotatable bonds is 12. The second kappa shape index (κ2) is 12.8. The molecule has 1 fully saturated rings. The van der Waals surface area contributed by atoms with E-state index >= 15 is 0 Å². The maximum absolute atomic E-state index is 13.2. The number of hydrogen-bond acceptors (Lipinski definition) is 6. The molecule has 1 aromatic rings. The van der Waals surface area contributed by atoms with Gasteiger partial charge < -0.3 is 10.2 Å². The van der Waals surface area contributed by atoms with E-state index in [4.69, 9.17) is 0 Å². The summed E-state index contributed by atoms with van der Waals surface area (Å²) < 4.78 is 25.9. The van der Waals surface area contributed by atoms with Gasteiger partial charge in [0.15, 0.2) is 9.84 Å². The van der Waals surface area contributed by atoms with Crippen LogP contribution in [0.2, 0.25) is 0 Å². The van der Waals surface area contributed by atoms with Gasteiger partial charge in [0, 0.05) is 19.6 Å². The Morgan fingerprint density at radius 2 is 1.69 bits per heavy atom. The second-order valence-corrected chi connectivity index (χ2v) is 12.7. The van der Waals surface area contributed by atoms with Gasteiger partial charge in [-0.1, -0.05) is 46.8 Å². The fourth-order valence-corrected chi connectivity index (χ4v) is 5.73. The molecule has 3 N–H and O–H groups in total. The minimum atomic E-state index is -3.60. The molecule has 35 heavy (non-hydrogen) atoms. The van der Waals surface area contributed by atoms with E-state index in [0.717, 1.165) is 31.2 Å². The first kappa shape index (κ1) is 29.3. The quantitative estimate of drug-likeness (QED) is 0.226. The zero-order chi connectivity index (χ0) is 26.2. The van der Waals surface area contributed by atoms with Gasteiger partial charge in [-0.15, -0.1) is 0 Å². The molecular formula is C26H43N3O5S. The van der Waals surface area contributed by atoms with Crippen LogP contribution in [-0.4, -0.2) is 55.9 Å². The third-order valence-electron chi connectivity index (χ3n) is 7.15. The number of piperidine rings is 1. The van der Waals surface area contributed by atoms with Crippen molar-refractivity contribution in [2.24, 2.45) is 17.8 Å². The molecule has 198 valence electrons. The van der Waals surface area contributed by atoms with E-state index in [0.29, 0.717) is 19.5 Å². The van der Waals surface area contributed by atoms with Crippen molar-refractivity contribution in [2.75, 3.05) is 25.5 Å². The minimum Gasteiger partial charge on any atom is -0.342 e. The maximum atomic E-state index is 13.2. The smallest absolute Gasteiger partial charge is 0.256 e. The Balaban J connectivity index is 2.14. The highest BCUT2D eigenvalue weighted by Crippen LogP contribution is 2.28. The molecule has 0 unspecified atom stereocenters. The number of hydrogen-bond donors (Lipinski definition) is 3. The molecule has 0 radical (unpaired) electrons. The van der Waals surface area contributed by atoms with Crippen molar-refractivity contribution in [1.29, 1.82) is 0 Å². The summed E-state index contributed by atoms with van der Waals surface area (Å²) in [4.78, 5) is 27.8. The normalized spacial score (nSPS) is 16.7. The highest BCUT2D eigenvalue weighted by atomic mass is 32.2. The molecule has 0 aliphatic carbocycles. The van der Waals surface area contributed by atoms with Crippen molar-refractivity contribution < 1.29 is 23.2 Å². The van der Waals surface area contributed by atoms with E-state index in [1.165, 1.54) is 0 Å². The van der Waals surface area contributed by atoms with Gasteiger partial charge in [0.05, 0.1) is 4.90 Å². The molecule has 1 heterocycles. The number of hydroxylamine groups is 1. The summed E-state index contributed by atoms with van der Waals surface area (Å²) in [6, 6.07) is 6.99. The van der Waals surface area contributed by atoms with E-state index in [1.807, 2.05) is 26.0 Å². The summed E-state index contributed by atoms with van der Waals surface area (Å²) in [5.74, 6) is -2.71. The summed E-state index contributed by atoms with van der Waals surface area (Å²) in [5, 5.41) is 12.3. The SMILES string of the molecule is CCC(C)(C)c1ccc(S(=O)(=O)CNC[C@H](CC(C)C)[C@H](C(=O)NO)C(=O)N2CCCCC2)cc1. The molecule has 9 heteroatoms. The van der Waals surface area contributed by atoms with Crippen LogP contribution in [0.15, 0.2) is 29.2 Å². The topological polar surface area (TPSA) is 116 Å². The molecule has 0 saturated carbocycles. The lowest BCUT2D eigenvalue weighted by molar-refractivity contribution is -0.149. The Kier molecular flexibility index (Phi) is 10.7. The average Bonchev–Trinajstić information content (AvgIpc) is 2.84. The molecular weight excluding hydrogens is 466 g/mol. The van der Waals surface area contributed by atoms with Crippen LogP contribution >= 0.6 is 0 Å². The van der Waals surface area contributed by atoms with Gasteiger partial charge >= 0.3 is 0 Å². The second-order valence-electron chi connectivity index (χ2n) is 10.7. The zero-order valence-corrected chi connectivity index (χ0v) is 22.7. The largest absolute Gasteiger partial charge is 0.342 e. The van der Waals surface area contributed by atoms with Crippen LogP contribution < -0.4 is 10.8 Å². The number of carbonyl (C=O) groups is 2. The van der Waals surface area contributed by atoms with Crippen molar-refractivity contribution in [3.05, 3.63) is 29.8 Å². The monoisotopic (exact) mass is 509 g/mol. The third-order valence-corrected chi connectivity index (χ3v) is 8.72. The Labute approximate surface area is 210 Å². The van der Waals surface area contributed by atoms with Crippen LogP contribution in [0.3, 0.4) is 0 Å². The van der Waals surface area contributed by atoms with Crippen LogP contribution in [0.25, 0.3) is 0 Å². The van der Waals surface area contributed by atoms with E-state index in [-0.39, 0.29) is 34.6 Å². The van der Waals surface area contributed by atoms with Crippen LogP contribution in [0, 0.1) is 17.8 Å². The van der Waals surface area contributed by atoms with E-state index in [9.17, 15) is 23.2 Å².